The van der Waals surface area contributed by atoms with E-state index in [9.17, 15) is 18.9 Å². The number of benzene rings is 1. The molecule has 0 spiro atoms. The van der Waals surface area contributed by atoms with Gasteiger partial charge in [-0.25, -0.2) is 8.78 Å². The molecule has 1 rings (SSSR count). The van der Waals surface area contributed by atoms with E-state index in [2.05, 4.69) is 0 Å². The van der Waals surface area contributed by atoms with Gasteiger partial charge in [-0.15, -0.1) is 0 Å². The van der Waals surface area contributed by atoms with Crippen molar-refractivity contribution >= 4 is 17.3 Å². The van der Waals surface area contributed by atoms with Crippen LogP contribution in [0, 0.1) is 17.0 Å². The molecule has 0 aromatic heterocycles. The summed E-state index contributed by atoms with van der Waals surface area (Å²) in [4.78, 5) is 9.60. The number of hydrogen-bond donors (Lipinski definition) is 0. The van der Waals surface area contributed by atoms with Crippen LogP contribution in [0.3, 0.4) is 0 Å². The van der Waals surface area contributed by atoms with Crippen molar-refractivity contribution in [3.63, 3.8) is 0 Å². The zero-order chi connectivity index (χ0) is 10.9. The Morgan fingerprint density at radius 1 is 1.50 bits per heavy atom. The molecule has 1 aromatic carbocycles. The van der Waals surface area contributed by atoms with Crippen LogP contribution < -0.4 is 0 Å². The Balaban J connectivity index is 3.50. The summed E-state index contributed by atoms with van der Waals surface area (Å²) in [5.41, 5.74) is -1.15. The summed E-state index contributed by atoms with van der Waals surface area (Å²) in [5, 5.41) is 10.2. The monoisotopic (exact) mass is 221 g/mol. The lowest BCUT2D eigenvalue weighted by Crippen LogP contribution is -1.99. The van der Waals surface area contributed by atoms with Gasteiger partial charge in [0.25, 0.3) is 12.1 Å². The van der Waals surface area contributed by atoms with Gasteiger partial charge in [-0.2, -0.15) is 0 Å². The van der Waals surface area contributed by atoms with Crippen LogP contribution in [0.2, 0.25) is 5.02 Å². The summed E-state index contributed by atoms with van der Waals surface area (Å²) in [6.07, 6.45) is -2.89. The van der Waals surface area contributed by atoms with Gasteiger partial charge in [0.2, 0.25) is 0 Å². The Morgan fingerprint density at radius 3 is 2.43 bits per heavy atom. The third-order valence-corrected chi connectivity index (χ3v) is 2.09. The fourth-order valence-corrected chi connectivity index (χ4v) is 1.38. The fraction of sp³-hybridized carbons (Fsp3) is 0.250. The number of nitro groups is 1. The Bertz CT molecular complexity index is 382. The molecule has 0 radical (unpaired) electrons. The van der Waals surface area contributed by atoms with Gasteiger partial charge in [-0.1, -0.05) is 17.7 Å². The minimum absolute atomic E-state index is 0.163. The van der Waals surface area contributed by atoms with Crippen molar-refractivity contribution in [3.05, 3.63) is 38.4 Å². The molecule has 1 aromatic rings. The molecule has 3 nitrogen and oxygen atoms in total. The number of rotatable bonds is 2. The molecule has 6 heteroatoms. The largest absolute Gasteiger partial charge is 0.297 e. The molecule has 0 aliphatic carbocycles. The highest BCUT2D eigenvalue weighted by Gasteiger charge is 2.26. The lowest BCUT2D eigenvalue weighted by Gasteiger charge is -2.06. The van der Waals surface area contributed by atoms with Crippen LogP contribution in [0.1, 0.15) is 17.6 Å². The van der Waals surface area contributed by atoms with Crippen LogP contribution in [-0.2, 0) is 0 Å². The highest BCUT2D eigenvalue weighted by Crippen LogP contribution is 2.36. The first-order valence-electron chi connectivity index (χ1n) is 3.66. The number of nitro benzene ring substituents is 1. The number of hydrogen-bond acceptors (Lipinski definition) is 2. The molecule has 0 bridgehead atoms. The molecule has 0 atom stereocenters. The van der Waals surface area contributed by atoms with Gasteiger partial charge < -0.3 is 0 Å². The second-order valence-electron chi connectivity index (χ2n) is 2.68. The molecule has 0 N–H and O–H groups in total. The van der Waals surface area contributed by atoms with E-state index in [1.54, 1.807) is 0 Å². The average molecular weight is 222 g/mol. The van der Waals surface area contributed by atoms with Gasteiger partial charge in [0, 0.05) is 0 Å². The Morgan fingerprint density at radius 2 is 2.07 bits per heavy atom. The molecule has 0 aliphatic heterocycles. The lowest BCUT2D eigenvalue weighted by molar-refractivity contribution is -0.386. The van der Waals surface area contributed by atoms with Crippen molar-refractivity contribution in [3.8, 4) is 0 Å². The molecule has 0 aliphatic rings. The van der Waals surface area contributed by atoms with Gasteiger partial charge in [0.05, 0.1) is 10.5 Å². The Hall–Kier alpha value is -1.23. The van der Waals surface area contributed by atoms with Crippen molar-refractivity contribution < 1.29 is 13.7 Å². The third kappa shape index (κ3) is 1.82. The van der Waals surface area contributed by atoms with Gasteiger partial charge in [-0.05, 0) is 18.6 Å². The van der Waals surface area contributed by atoms with Crippen molar-refractivity contribution in [2.45, 2.75) is 13.3 Å². The second-order valence-corrected chi connectivity index (χ2v) is 3.09. The van der Waals surface area contributed by atoms with E-state index in [1.807, 2.05) is 0 Å². The van der Waals surface area contributed by atoms with Gasteiger partial charge in [0.15, 0.2) is 0 Å². The smallest absolute Gasteiger partial charge is 0.258 e. The summed E-state index contributed by atoms with van der Waals surface area (Å²) in [5.74, 6) is 0. The van der Waals surface area contributed by atoms with Crippen molar-refractivity contribution in [1.82, 2.24) is 0 Å². The Kier molecular flexibility index (Phi) is 3.00. The Labute approximate surface area is 83.4 Å². The summed E-state index contributed by atoms with van der Waals surface area (Å²) < 4.78 is 24.9. The van der Waals surface area contributed by atoms with Crippen LogP contribution in [0.4, 0.5) is 14.5 Å². The van der Waals surface area contributed by atoms with Gasteiger partial charge in [0.1, 0.15) is 5.02 Å². The van der Waals surface area contributed by atoms with Crippen LogP contribution in [-0.4, -0.2) is 4.92 Å². The first kappa shape index (κ1) is 10.8. The first-order chi connectivity index (χ1) is 6.45. The predicted molar refractivity (Wildman–Crippen MR) is 47.8 cm³/mol. The topological polar surface area (TPSA) is 43.1 Å². The lowest BCUT2D eigenvalue weighted by atomic mass is 10.1. The van der Waals surface area contributed by atoms with E-state index >= 15 is 0 Å². The minimum Gasteiger partial charge on any atom is -0.258 e. The van der Waals surface area contributed by atoms with Gasteiger partial charge >= 0.3 is 0 Å². The molecule has 0 unspecified atom stereocenters. The van der Waals surface area contributed by atoms with Crippen molar-refractivity contribution in [2.75, 3.05) is 0 Å². The molecule has 76 valence electrons. The molecule has 0 fully saturated rings. The maximum Gasteiger partial charge on any atom is 0.297 e. The second kappa shape index (κ2) is 3.88. The zero-order valence-corrected chi connectivity index (χ0v) is 7.89. The number of alkyl halides is 2. The van der Waals surface area contributed by atoms with Gasteiger partial charge in [-0.3, -0.25) is 10.1 Å². The highest BCUT2D eigenvalue weighted by molar-refractivity contribution is 6.32. The molecule has 0 amide bonds. The standard InChI is InChI=1S/C8H6ClF2NO2/c1-4-2-3-5(9)7(12(13)14)6(4)8(10)11/h2-3,8H,1H3. The average Bonchev–Trinajstić information content (AvgIpc) is 2.07. The third-order valence-electron chi connectivity index (χ3n) is 1.79. The first-order valence-corrected chi connectivity index (χ1v) is 4.04. The fourth-order valence-electron chi connectivity index (χ4n) is 1.14. The zero-order valence-electron chi connectivity index (χ0n) is 7.13. The van der Waals surface area contributed by atoms with E-state index in [0.29, 0.717) is 0 Å². The molecule has 0 heterocycles. The number of halogens is 3. The van der Waals surface area contributed by atoms with E-state index in [-0.39, 0.29) is 10.6 Å². The highest BCUT2D eigenvalue weighted by atomic mass is 35.5. The van der Waals surface area contributed by atoms with E-state index < -0.39 is 22.6 Å². The maximum atomic E-state index is 12.5. The van der Waals surface area contributed by atoms with E-state index in [4.69, 9.17) is 11.6 Å². The summed E-state index contributed by atoms with van der Waals surface area (Å²) in [6, 6.07) is 2.57. The SMILES string of the molecule is Cc1ccc(Cl)c([N+](=O)[O-])c1C(F)F. The number of nitrogens with zero attached hydrogens (tertiary/aromatic N) is 1. The quantitative estimate of drug-likeness (QED) is 0.567. The van der Waals surface area contributed by atoms with Crippen LogP contribution >= 0.6 is 11.6 Å². The maximum absolute atomic E-state index is 12.5. The van der Waals surface area contributed by atoms with E-state index in [0.717, 1.165) is 0 Å². The van der Waals surface area contributed by atoms with Crippen LogP contribution in [0.25, 0.3) is 0 Å². The van der Waals surface area contributed by atoms with Crippen molar-refractivity contribution in [1.29, 1.82) is 0 Å². The molecular formula is C8H6ClF2NO2. The number of aryl methyl sites for hydroxylation is 1. The molecular weight excluding hydrogens is 216 g/mol. The van der Waals surface area contributed by atoms with E-state index in [1.165, 1.54) is 19.1 Å². The van der Waals surface area contributed by atoms with Crippen molar-refractivity contribution in [2.24, 2.45) is 0 Å². The minimum atomic E-state index is -2.89. The van der Waals surface area contributed by atoms with Crippen LogP contribution in [0.5, 0.6) is 0 Å². The molecule has 14 heavy (non-hydrogen) atoms. The predicted octanol–water partition coefficient (Wildman–Crippen LogP) is 3.49. The molecule has 0 saturated carbocycles. The molecule has 0 saturated heterocycles. The summed E-state index contributed by atoms with van der Waals surface area (Å²) in [6.45, 7) is 1.38. The summed E-state index contributed by atoms with van der Waals surface area (Å²) in [7, 11) is 0. The summed E-state index contributed by atoms with van der Waals surface area (Å²) >= 11 is 5.47. The van der Waals surface area contributed by atoms with Crippen LogP contribution in [0.15, 0.2) is 12.1 Å². The normalized spacial score (nSPS) is 10.6.